The topological polar surface area (TPSA) is 153 Å². The van der Waals surface area contributed by atoms with Gasteiger partial charge in [-0.3, -0.25) is 24.3 Å². The normalized spacial score (nSPS) is 29.3. The summed E-state index contributed by atoms with van der Waals surface area (Å²) in [7, 11) is -4.31. The Morgan fingerprint density at radius 3 is 2.74 bits per heavy atom. The van der Waals surface area contributed by atoms with E-state index < -0.39 is 61.9 Å². The Hall–Kier alpha value is -2.28. The number of nitrogens with one attached hydrogen (secondary N) is 2. The second kappa shape index (κ2) is 11.2. The van der Waals surface area contributed by atoms with E-state index in [9.17, 15) is 24.1 Å². The fraction of sp³-hybridized carbons (Fsp3) is 0.550. The maximum Gasteiger partial charge on any atom is 0.459 e. The van der Waals surface area contributed by atoms with Crippen molar-refractivity contribution in [2.45, 2.75) is 49.9 Å². The number of alkyl halides is 2. The van der Waals surface area contributed by atoms with Crippen LogP contribution in [0.4, 0.5) is 9.18 Å². The third-order valence-electron chi connectivity index (χ3n) is 5.12. The van der Waals surface area contributed by atoms with Crippen molar-refractivity contribution in [1.29, 1.82) is 0 Å². The molecule has 1 aromatic rings. The van der Waals surface area contributed by atoms with Crippen LogP contribution in [-0.2, 0) is 28.2 Å². The molecule has 0 spiro atoms. The molecule has 0 saturated carbocycles. The average Bonchev–Trinajstić information content (AvgIpc) is 3.02. The van der Waals surface area contributed by atoms with Crippen LogP contribution in [0.25, 0.3) is 0 Å². The number of aliphatic hydroxyl groups excluding tert-OH is 1. The third-order valence-corrected chi connectivity index (χ3v) is 7.17. The summed E-state index contributed by atoms with van der Waals surface area (Å²) in [5.74, 6) is -1.14. The zero-order chi connectivity index (χ0) is 25.8. The number of amides is 3. The van der Waals surface area contributed by atoms with Crippen molar-refractivity contribution in [3.63, 3.8) is 0 Å². The van der Waals surface area contributed by atoms with Crippen LogP contribution in [0.1, 0.15) is 20.3 Å². The first-order valence-corrected chi connectivity index (χ1v) is 12.6. The van der Waals surface area contributed by atoms with E-state index in [0.29, 0.717) is 0 Å². The Kier molecular flexibility index (Phi) is 8.73. The monoisotopic (exact) mass is 537 g/mol. The molecular formula is C20H26ClFN3O9P. The van der Waals surface area contributed by atoms with Crippen molar-refractivity contribution in [3.8, 4) is 5.75 Å². The lowest BCUT2D eigenvalue weighted by atomic mass is 10.1. The number of aliphatic hydroxyl groups is 1. The van der Waals surface area contributed by atoms with Gasteiger partial charge in [-0.15, -0.1) is 0 Å². The highest BCUT2D eigenvalue weighted by Crippen LogP contribution is 2.47. The SMILES string of the molecule is CCOC(=O)[C@H](C)NP(=O)(OC[C@H]1O[C@@H](N2CCC(=O)NC2=O)[C@@](F)(Cl)[C@@H]1O)Oc1ccccc1. The molecule has 3 rings (SSSR count). The maximum atomic E-state index is 15.2. The molecule has 0 aliphatic carbocycles. The number of hydrogen-bond donors (Lipinski definition) is 3. The van der Waals surface area contributed by atoms with Crippen LogP contribution in [0, 0.1) is 0 Å². The van der Waals surface area contributed by atoms with E-state index in [1.54, 1.807) is 25.1 Å². The van der Waals surface area contributed by atoms with Crippen LogP contribution >= 0.6 is 19.3 Å². The van der Waals surface area contributed by atoms with E-state index in [4.69, 9.17) is 30.1 Å². The van der Waals surface area contributed by atoms with Gasteiger partial charge in [0.15, 0.2) is 6.23 Å². The standard InChI is InChI=1S/C20H26ClFN3O9P/c1-3-31-17(28)12(2)24-35(30,34-13-7-5-4-6-8-13)32-11-14-16(27)20(21,22)18(33-14)25-10-9-15(26)23-19(25)29/h4-8,12,14,16,18,27H,3,9-11H2,1-2H3,(H,24,30)(H,23,26,29)/t12-,14+,16+,18+,20+,35?/m0/s1. The molecule has 6 atom stereocenters. The molecule has 12 nitrogen and oxygen atoms in total. The Morgan fingerprint density at radius 1 is 1.43 bits per heavy atom. The molecule has 15 heteroatoms. The second-order valence-corrected chi connectivity index (χ2v) is 10.0. The Labute approximate surface area is 205 Å². The first-order chi connectivity index (χ1) is 16.5. The first-order valence-electron chi connectivity index (χ1n) is 10.7. The smallest absolute Gasteiger partial charge is 0.459 e. The van der Waals surface area contributed by atoms with Gasteiger partial charge in [0.2, 0.25) is 5.91 Å². The van der Waals surface area contributed by atoms with Crippen molar-refractivity contribution in [1.82, 2.24) is 15.3 Å². The number of halogens is 2. The van der Waals surface area contributed by atoms with Crippen LogP contribution in [0.3, 0.4) is 0 Å². The minimum absolute atomic E-state index is 0.0863. The van der Waals surface area contributed by atoms with Crippen molar-refractivity contribution < 1.29 is 47.0 Å². The van der Waals surface area contributed by atoms with Gasteiger partial charge in [-0.1, -0.05) is 29.8 Å². The first kappa shape index (κ1) is 27.3. The number of carbonyl (C=O) groups is 3. The van der Waals surface area contributed by atoms with Gasteiger partial charge < -0.3 is 19.1 Å². The zero-order valence-electron chi connectivity index (χ0n) is 18.9. The molecule has 0 radical (unpaired) electrons. The highest BCUT2D eigenvalue weighted by atomic mass is 35.5. The van der Waals surface area contributed by atoms with E-state index >= 15 is 4.39 Å². The lowest BCUT2D eigenvalue weighted by Crippen LogP contribution is -2.58. The molecule has 2 aliphatic heterocycles. The predicted molar refractivity (Wildman–Crippen MR) is 119 cm³/mol. The highest BCUT2D eigenvalue weighted by molar-refractivity contribution is 7.52. The Bertz CT molecular complexity index is 986. The lowest BCUT2D eigenvalue weighted by molar-refractivity contribution is -0.144. The van der Waals surface area contributed by atoms with Gasteiger partial charge in [0.1, 0.15) is 24.0 Å². The Balaban J connectivity index is 1.74. The van der Waals surface area contributed by atoms with Gasteiger partial charge in [-0.25, -0.2) is 13.8 Å². The summed E-state index contributed by atoms with van der Waals surface area (Å²) in [4.78, 5) is 36.4. The summed E-state index contributed by atoms with van der Waals surface area (Å²) in [5.41, 5.74) is 0. The lowest BCUT2D eigenvalue weighted by Gasteiger charge is -2.34. The third kappa shape index (κ3) is 6.49. The van der Waals surface area contributed by atoms with E-state index in [0.717, 1.165) is 4.90 Å². The van der Waals surface area contributed by atoms with Crippen LogP contribution in [0.15, 0.2) is 30.3 Å². The van der Waals surface area contributed by atoms with Gasteiger partial charge in [-0.05, 0) is 26.0 Å². The second-order valence-electron chi connectivity index (χ2n) is 7.74. The number of benzene rings is 1. The average molecular weight is 538 g/mol. The number of para-hydroxylation sites is 1. The molecule has 0 bridgehead atoms. The maximum absolute atomic E-state index is 15.2. The number of urea groups is 1. The molecule has 1 aromatic carbocycles. The number of nitrogens with zero attached hydrogens (tertiary/aromatic N) is 1. The summed E-state index contributed by atoms with van der Waals surface area (Å²) in [6.45, 7) is 2.17. The van der Waals surface area contributed by atoms with E-state index in [2.05, 4.69) is 5.09 Å². The summed E-state index contributed by atoms with van der Waals surface area (Å²) < 4.78 is 49.8. The van der Waals surface area contributed by atoms with E-state index in [-0.39, 0.29) is 25.3 Å². The predicted octanol–water partition coefficient (Wildman–Crippen LogP) is 1.66. The minimum atomic E-state index is -4.31. The van der Waals surface area contributed by atoms with Crippen molar-refractivity contribution >= 4 is 37.3 Å². The highest BCUT2D eigenvalue weighted by Gasteiger charge is 2.60. The van der Waals surface area contributed by atoms with Gasteiger partial charge in [0.25, 0.3) is 5.13 Å². The molecule has 3 N–H and O–H groups in total. The quantitative estimate of drug-likeness (QED) is 0.228. The van der Waals surface area contributed by atoms with Gasteiger partial charge in [0.05, 0.1) is 13.2 Å². The van der Waals surface area contributed by atoms with Crippen molar-refractivity contribution in [2.75, 3.05) is 19.8 Å². The summed E-state index contributed by atoms with van der Waals surface area (Å²) >= 11 is 5.87. The molecule has 194 valence electrons. The number of rotatable bonds is 10. The molecule has 2 heterocycles. The number of esters is 1. The molecule has 3 amide bonds. The number of ether oxygens (including phenoxy) is 2. The largest absolute Gasteiger partial charge is 0.465 e. The number of carbonyl (C=O) groups excluding carboxylic acids is 3. The molecule has 35 heavy (non-hydrogen) atoms. The fourth-order valence-electron chi connectivity index (χ4n) is 3.38. The fourth-order valence-corrected chi connectivity index (χ4v) is 5.19. The molecule has 2 fully saturated rings. The minimum Gasteiger partial charge on any atom is -0.465 e. The van der Waals surface area contributed by atoms with Gasteiger partial charge in [0, 0.05) is 13.0 Å². The van der Waals surface area contributed by atoms with Gasteiger partial charge >= 0.3 is 19.7 Å². The van der Waals surface area contributed by atoms with Gasteiger partial charge in [-0.2, -0.15) is 5.09 Å². The summed E-state index contributed by atoms with van der Waals surface area (Å²) in [6.07, 6.45) is -5.37. The van der Waals surface area contributed by atoms with E-state index in [1.807, 2.05) is 5.32 Å². The summed E-state index contributed by atoms with van der Waals surface area (Å²) in [6, 6.07) is 5.85. The van der Waals surface area contributed by atoms with Crippen LogP contribution in [0.2, 0.25) is 0 Å². The summed E-state index contributed by atoms with van der Waals surface area (Å²) in [5, 5.41) is 11.9. The van der Waals surface area contributed by atoms with Crippen molar-refractivity contribution in [2.24, 2.45) is 0 Å². The number of imide groups is 1. The molecule has 2 aliphatic rings. The number of hydrogen-bond acceptors (Lipinski definition) is 9. The molecule has 1 unspecified atom stereocenters. The van der Waals surface area contributed by atoms with Crippen LogP contribution < -0.4 is 14.9 Å². The Morgan fingerprint density at radius 2 is 2.11 bits per heavy atom. The molecule has 0 aromatic heterocycles. The molecule has 2 saturated heterocycles. The molecular weight excluding hydrogens is 512 g/mol. The van der Waals surface area contributed by atoms with Crippen LogP contribution in [-0.4, -0.2) is 77.3 Å². The van der Waals surface area contributed by atoms with E-state index in [1.165, 1.54) is 19.1 Å². The van der Waals surface area contributed by atoms with Crippen LogP contribution in [0.5, 0.6) is 5.75 Å². The van der Waals surface area contributed by atoms with Crippen molar-refractivity contribution in [3.05, 3.63) is 30.3 Å². The zero-order valence-corrected chi connectivity index (χ0v) is 20.5.